The fourth-order valence-corrected chi connectivity index (χ4v) is 2.24. The molecule has 5 heteroatoms. The first-order chi connectivity index (χ1) is 8.99. The van der Waals surface area contributed by atoms with Crippen LogP contribution in [-0.4, -0.2) is 20.7 Å². The number of Topliss-reactive ketones (excluding diaryl/α,β-unsaturated/α-hetero) is 1. The van der Waals surface area contributed by atoms with Crippen molar-refractivity contribution in [2.75, 3.05) is 0 Å². The molecule has 0 spiro atoms. The lowest BCUT2D eigenvalue weighted by Crippen LogP contribution is -2.08. The molecule has 1 heterocycles. The summed E-state index contributed by atoms with van der Waals surface area (Å²) >= 11 is 6.07. The largest absolute Gasteiger partial charge is 0.508 e. The molecule has 0 aliphatic rings. The Kier molecular flexibility index (Phi) is 3.90. The van der Waals surface area contributed by atoms with Gasteiger partial charge in [0.05, 0.1) is 10.7 Å². The van der Waals surface area contributed by atoms with Crippen LogP contribution in [0.1, 0.15) is 28.2 Å². The molecule has 1 aromatic heterocycles. The first-order valence-corrected chi connectivity index (χ1v) is 6.37. The zero-order valence-electron chi connectivity index (χ0n) is 10.9. The number of rotatable bonds is 4. The van der Waals surface area contributed by atoms with Gasteiger partial charge in [-0.1, -0.05) is 23.7 Å². The number of nitrogens with zero attached hydrogens (tertiary/aromatic N) is 2. The number of phenols is 1. The number of hydrogen-bond donors (Lipinski definition) is 1. The Morgan fingerprint density at radius 2 is 2.00 bits per heavy atom. The predicted molar refractivity (Wildman–Crippen MR) is 73.7 cm³/mol. The minimum atomic E-state index is -0.0267. The highest BCUT2D eigenvalue weighted by molar-refractivity contribution is 6.34. The van der Waals surface area contributed by atoms with Crippen LogP contribution in [0.5, 0.6) is 5.75 Å². The van der Waals surface area contributed by atoms with Gasteiger partial charge in [0.25, 0.3) is 0 Å². The van der Waals surface area contributed by atoms with Crippen molar-refractivity contribution in [1.29, 1.82) is 0 Å². The van der Waals surface area contributed by atoms with Gasteiger partial charge in [-0.2, -0.15) is 5.10 Å². The predicted octanol–water partition coefficient (Wildman–Crippen LogP) is 2.90. The lowest BCUT2D eigenvalue weighted by atomic mass is 10.1. The maximum absolute atomic E-state index is 12.1. The smallest absolute Gasteiger partial charge is 0.182 e. The van der Waals surface area contributed by atoms with Crippen LogP contribution < -0.4 is 0 Å². The fraction of sp³-hybridized carbons (Fsp3) is 0.286. The molecule has 0 saturated carbocycles. The van der Waals surface area contributed by atoms with Crippen LogP contribution in [0.3, 0.4) is 0 Å². The topological polar surface area (TPSA) is 55.1 Å². The Labute approximate surface area is 116 Å². The zero-order chi connectivity index (χ0) is 14.0. The number of halogens is 1. The van der Waals surface area contributed by atoms with Gasteiger partial charge in [0.15, 0.2) is 5.78 Å². The van der Waals surface area contributed by atoms with E-state index < -0.39 is 0 Å². The zero-order valence-corrected chi connectivity index (χ0v) is 11.6. The lowest BCUT2D eigenvalue weighted by Gasteiger charge is -2.03. The molecule has 0 bridgehead atoms. The van der Waals surface area contributed by atoms with E-state index in [1.807, 2.05) is 0 Å². The minimum absolute atomic E-state index is 0.0267. The van der Waals surface area contributed by atoms with E-state index >= 15 is 0 Å². The molecule has 0 saturated heterocycles. The summed E-state index contributed by atoms with van der Waals surface area (Å²) in [6.45, 7) is 1.78. The summed E-state index contributed by atoms with van der Waals surface area (Å²) in [6.07, 6.45) is 0.975. The third-order valence-electron chi connectivity index (χ3n) is 2.99. The quantitative estimate of drug-likeness (QED) is 0.875. The number of ketones is 1. The van der Waals surface area contributed by atoms with Crippen LogP contribution >= 0.6 is 11.6 Å². The molecule has 0 aliphatic heterocycles. The second kappa shape index (κ2) is 5.45. The van der Waals surface area contributed by atoms with Crippen molar-refractivity contribution in [3.8, 4) is 5.75 Å². The number of aryl methyl sites for hydroxylation is 3. The standard InChI is InChI=1S/C14H15ClN2O2/c1-9-13(15)14(17(2)16-9)12(19)8-5-10-3-6-11(18)7-4-10/h3-4,6-7,18H,5,8H2,1-2H3. The Balaban J connectivity index is 2.07. The van der Waals surface area contributed by atoms with Crippen molar-refractivity contribution in [1.82, 2.24) is 9.78 Å². The number of phenolic OH excluding ortho intramolecular Hbond substituents is 1. The highest BCUT2D eigenvalue weighted by Gasteiger charge is 2.18. The summed E-state index contributed by atoms with van der Waals surface area (Å²) in [4.78, 5) is 12.1. The molecule has 0 radical (unpaired) electrons. The Hall–Kier alpha value is -1.81. The van der Waals surface area contributed by atoms with Crippen molar-refractivity contribution >= 4 is 17.4 Å². The third kappa shape index (κ3) is 2.96. The van der Waals surface area contributed by atoms with Gasteiger partial charge in [0, 0.05) is 13.5 Å². The van der Waals surface area contributed by atoms with Gasteiger partial charge in [0.2, 0.25) is 0 Å². The van der Waals surface area contributed by atoms with Crippen molar-refractivity contribution in [2.24, 2.45) is 7.05 Å². The molecular formula is C14H15ClN2O2. The maximum atomic E-state index is 12.1. The van der Waals surface area contributed by atoms with Crippen LogP contribution in [-0.2, 0) is 13.5 Å². The van der Waals surface area contributed by atoms with Crippen molar-refractivity contribution in [3.05, 3.63) is 46.2 Å². The van der Waals surface area contributed by atoms with E-state index in [4.69, 9.17) is 11.6 Å². The molecule has 0 fully saturated rings. The fourth-order valence-electron chi connectivity index (χ4n) is 1.97. The molecule has 4 nitrogen and oxygen atoms in total. The van der Waals surface area contributed by atoms with E-state index in [1.165, 1.54) is 4.68 Å². The normalized spacial score (nSPS) is 10.7. The molecule has 1 aromatic carbocycles. The average molecular weight is 279 g/mol. The van der Waals surface area contributed by atoms with Crippen LogP contribution in [0.4, 0.5) is 0 Å². The van der Waals surface area contributed by atoms with E-state index in [1.54, 1.807) is 38.2 Å². The minimum Gasteiger partial charge on any atom is -0.508 e. The molecule has 1 N–H and O–H groups in total. The van der Waals surface area contributed by atoms with Crippen LogP contribution in [0, 0.1) is 6.92 Å². The second-order valence-electron chi connectivity index (χ2n) is 4.46. The van der Waals surface area contributed by atoms with Crippen molar-refractivity contribution in [2.45, 2.75) is 19.8 Å². The molecule has 100 valence electrons. The van der Waals surface area contributed by atoms with Crippen LogP contribution in [0.2, 0.25) is 5.02 Å². The monoisotopic (exact) mass is 278 g/mol. The van der Waals surface area contributed by atoms with Gasteiger partial charge in [-0.3, -0.25) is 9.48 Å². The summed E-state index contributed by atoms with van der Waals surface area (Å²) in [7, 11) is 1.71. The molecule has 2 aromatic rings. The Morgan fingerprint density at radius 1 is 1.37 bits per heavy atom. The number of benzene rings is 1. The molecule has 0 unspecified atom stereocenters. The third-order valence-corrected chi connectivity index (χ3v) is 3.44. The number of carbonyl (C=O) groups is 1. The maximum Gasteiger partial charge on any atom is 0.182 e. The van der Waals surface area contributed by atoms with Gasteiger partial charge in [-0.25, -0.2) is 0 Å². The van der Waals surface area contributed by atoms with Crippen LogP contribution in [0.25, 0.3) is 0 Å². The molecule has 0 aliphatic carbocycles. The molecule has 0 amide bonds. The summed E-state index contributed by atoms with van der Waals surface area (Å²) in [5, 5.41) is 13.7. The average Bonchev–Trinajstić information content (AvgIpc) is 2.62. The summed E-state index contributed by atoms with van der Waals surface area (Å²) in [5.74, 6) is 0.196. The number of aromatic nitrogens is 2. The number of hydrogen-bond acceptors (Lipinski definition) is 3. The van der Waals surface area contributed by atoms with Crippen molar-refractivity contribution in [3.63, 3.8) is 0 Å². The molecule has 19 heavy (non-hydrogen) atoms. The van der Waals surface area contributed by atoms with Crippen molar-refractivity contribution < 1.29 is 9.90 Å². The summed E-state index contributed by atoms with van der Waals surface area (Å²) in [6, 6.07) is 6.83. The Morgan fingerprint density at radius 3 is 2.53 bits per heavy atom. The molecular weight excluding hydrogens is 264 g/mol. The summed E-state index contributed by atoms with van der Waals surface area (Å²) in [5.41, 5.74) is 2.12. The lowest BCUT2D eigenvalue weighted by molar-refractivity contribution is 0.0974. The van der Waals surface area contributed by atoms with E-state index in [0.29, 0.717) is 29.3 Å². The SMILES string of the molecule is Cc1nn(C)c(C(=O)CCc2ccc(O)cc2)c1Cl. The van der Waals surface area contributed by atoms with Gasteiger partial charge in [-0.05, 0) is 31.0 Å². The van der Waals surface area contributed by atoms with Crippen LogP contribution in [0.15, 0.2) is 24.3 Å². The first kappa shape index (κ1) is 13.6. The van der Waals surface area contributed by atoms with E-state index in [0.717, 1.165) is 5.56 Å². The highest BCUT2D eigenvalue weighted by Crippen LogP contribution is 2.21. The van der Waals surface area contributed by atoms with Gasteiger partial charge >= 0.3 is 0 Å². The Bertz CT molecular complexity index is 603. The van der Waals surface area contributed by atoms with E-state index in [9.17, 15) is 9.90 Å². The van der Waals surface area contributed by atoms with Gasteiger partial charge < -0.3 is 5.11 Å². The van der Waals surface area contributed by atoms with E-state index in [2.05, 4.69) is 5.10 Å². The summed E-state index contributed by atoms with van der Waals surface area (Å²) < 4.78 is 1.52. The number of aromatic hydroxyl groups is 1. The van der Waals surface area contributed by atoms with Gasteiger partial charge in [-0.15, -0.1) is 0 Å². The highest BCUT2D eigenvalue weighted by atomic mass is 35.5. The van der Waals surface area contributed by atoms with E-state index in [-0.39, 0.29) is 11.5 Å². The number of carbonyl (C=O) groups excluding carboxylic acids is 1. The second-order valence-corrected chi connectivity index (χ2v) is 4.84. The first-order valence-electron chi connectivity index (χ1n) is 5.99. The molecule has 0 atom stereocenters. The van der Waals surface area contributed by atoms with Gasteiger partial charge in [0.1, 0.15) is 11.4 Å². The molecule has 2 rings (SSSR count).